The highest BCUT2D eigenvalue weighted by Gasteiger charge is 2.25. The summed E-state index contributed by atoms with van der Waals surface area (Å²) < 4.78 is 0. The highest BCUT2D eigenvalue weighted by Crippen LogP contribution is 2.18. The SMILES string of the molecule is CC1CNC(C)C(c2ccc(=O)[nH]c2)N1. The maximum Gasteiger partial charge on any atom is 0.247 e. The second kappa shape index (κ2) is 4.16. The fraction of sp³-hybridized carbons (Fsp3) is 0.545. The van der Waals surface area contributed by atoms with Crippen LogP contribution in [0.2, 0.25) is 0 Å². The zero-order valence-electron chi connectivity index (χ0n) is 9.08. The van der Waals surface area contributed by atoms with E-state index < -0.39 is 0 Å². The smallest absolute Gasteiger partial charge is 0.247 e. The Balaban J connectivity index is 2.21. The number of pyridine rings is 1. The lowest BCUT2D eigenvalue weighted by atomic mass is 9.98. The van der Waals surface area contributed by atoms with E-state index in [0.717, 1.165) is 12.1 Å². The van der Waals surface area contributed by atoms with Crippen molar-refractivity contribution in [3.63, 3.8) is 0 Å². The van der Waals surface area contributed by atoms with Crippen LogP contribution >= 0.6 is 0 Å². The van der Waals surface area contributed by atoms with E-state index in [2.05, 4.69) is 29.5 Å². The summed E-state index contributed by atoms with van der Waals surface area (Å²) in [6, 6.07) is 4.56. The molecule has 1 aliphatic rings. The highest BCUT2D eigenvalue weighted by atomic mass is 16.1. The van der Waals surface area contributed by atoms with E-state index in [9.17, 15) is 4.79 Å². The van der Waals surface area contributed by atoms with Crippen LogP contribution in [0.15, 0.2) is 23.1 Å². The monoisotopic (exact) mass is 207 g/mol. The van der Waals surface area contributed by atoms with Crippen molar-refractivity contribution in [2.75, 3.05) is 6.54 Å². The Bertz CT molecular complexity index is 367. The van der Waals surface area contributed by atoms with Gasteiger partial charge in [-0.1, -0.05) is 6.07 Å². The molecular formula is C11H17N3O. The Hall–Kier alpha value is -1.13. The van der Waals surface area contributed by atoms with Crippen molar-refractivity contribution in [1.29, 1.82) is 0 Å². The van der Waals surface area contributed by atoms with Crippen LogP contribution in [0, 0.1) is 0 Å². The topological polar surface area (TPSA) is 56.9 Å². The van der Waals surface area contributed by atoms with Crippen molar-refractivity contribution in [1.82, 2.24) is 15.6 Å². The van der Waals surface area contributed by atoms with E-state index in [1.807, 2.05) is 6.07 Å². The van der Waals surface area contributed by atoms with Gasteiger partial charge in [0, 0.05) is 36.9 Å². The number of hydrogen-bond donors (Lipinski definition) is 3. The molecular weight excluding hydrogens is 190 g/mol. The number of piperazine rings is 1. The predicted molar refractivity (Wildman–Crippen MR) is 59.9 cm³/mol. The molecule has 4 nitrogen and oxygen atoms in total. The van der Waals surface area contributed by atoms with Gasteiger partial charge in [0.2, 0.25) is 5.56 Å². The molecule has 1 aromatic rings. The molecule has 0 aliphatic carbocycles. The zero-order chi connectivity index (χ0) is 10.8. The summed E-state index contributed by atoms with van der Waals surface area (Å²) in [5, 5.41) is 6.96. The molecule has 3 N–H and O–H groups in total. The van der Waals surface area contributed by atoms with Crippen LogP contribution in [0.3, 0.4) is 0 Å². The molecule has 2 rings (SSSR count). The van der Waals surface area contributed by atoms with E-state index in [4.69, 9.17) is 0 Å². The molecule has 0 spiro atoms. The molecule has 1 saturated heterocycles. The molecule has 82 valence electrons. The molecule has 0 amide bonds. The van der Waals surface area contributed by atoms with Crippen LogP contribution in [-0.2, 0) is 0 Å². The maximum absolute atomic E-state index is 11.0. The first kappa shape index (κ1) is 10.4. The Kier molecular flexibility index (Phi) is 2.88. The van der Waals surface area contributed by atoms with Crippen molar-refractivity contribution in [2.45, 2.75) is 32.0 Å². The molecule has 1 aromatic heterocycles. The Morgan fingerprint density at radius 1 is 1.33 bits per heavy atom. The minimum atomic E-state index is -0.0526. The second-order valence-corrected chi connectivity index (χ2v) is 4.23. The van der Waals surface area contributed by atoms with Gasteiger partial charge in [0.15, 0.2) is 0 Å². The van der Waals surface area contributed by atoms with Crippen molar-refractivity contribution >= 4 is 0 Å². The number of hydrogen-bond acceptors (Lipinski definition) is 3. The Morgan fingerprint density at radius 3 is 2.80 bits per heavy atom. The lowest BCUT2D eigenvalue weighted by Crippen LogP contribution is -2.53. The van der Waals surface area contributed by atoms with Crippen molar-refractivity contribution in [2.24, 2.45) is 0 Å². The number of rotatable bonds is 1. The average molecular weight is 207 g/mol. The molecule has 4 heteroatoms. The molecule has 0 bridgehead atoms. The third-order valence-electron chi connectivity index (χ3n) is 2.88. The lowest BCUT2D eigenvalue weighted by Gasteiger charge is -2.35. The van der Waals surface area contributed by atoms with Gasteiger partial charge in [0.1, 0.15) is 0 Å². The molecule has 15 heavy (non-hydrogen) atoms. The van der Waals surface area contributed by atoms with Gasteiger partial charge in [0.25, 0.3) is 0 Å². The van der Waals surface area contributed by atoms with Gasteiger partial charge in [-0.05, 0) is 19.4 Å². The minimum absolute atomic E-state index is 0.0526. The molecule has 0 saturated carbocycles. The highest BCUT2D eigenvalue weighted by molar-refractivity contribution is 5.17. The standard InChI is InChI=1S/C11H17N3O/c1-7-5-12-8(2)11(14-7)9-3-4-10(15)13-6-9/h3-4,6-8,11-12,14H,5H2,1-2H3,(H,13,15). The van der Waals surface area contributed by atoms with Crippen LogP contribution in [-0.4, -0.2) is 23.6 Å². The first-order valence-electron chi connectivity index (χ1n) is 5.35. The lowest BCUT2D eigenvalue weighted by molar-refractivity contribution is 0.293. The first-order valence-corrected chi connectivity index (χ1v) is 5.35. The third kappa shape index (κ3) is 2.27. The number of nitrogens with one attached hydrogen (secondary N) is 3. The maximum atomic E-state index is 11.0. The molecule has 1 fully saturated rings. The van der Waals surface area contributed by atoms with Gasteiger partial charge in [-0.3, -0.25) is 4.79 Å². The molecule has 0 radical (unpaired) electrons. The van der Waals surface area contributed by atoms with Crippen LogP contribution < -0.4 is 16.2 Å². The van der Waals surface area contributed by atoms with Gasteiger partial charge in [0.05, 0.1) is 0 Å². The summed E-state index contributed by atoms with van der Waals surface area (Å²) in [6.07, 6.45) is 1.79. The summed E-state index contributed by atoms with van der Waals surface area (Å²) in [4.78, 5) is 13.7. The number of aromatic nitrogens is 1. The van der Waals surface area contributed by atoms with E-state index in [1.54, 1.807) is 12.3 Å². The van der Waals surface area contributed by atoms with Crippen LogP contribution in [0.5, 0.6) is 0 Å². The number of aromatic amines is 1. The Labute approximate surface area is 89.1 Å². The van der Waals surface area contributed by atoms with Gasteiger partial charge in [-0.25, -0.2) is 0 Å². The van der Waals surface area contributed by atoms with Crippen molar-refractivity contribution in [3.05, 3.63) is 34.2 Å². The van der Waals surface area contributed by atoms with Crippen LogP contribution in [0.25, 0.3) is 0 Å². The van der Waals surface area contributed by atoms with E-state index >= 15 is 0 Å². The fourth-order valence-electron chi connectivity index (χ4n) is 1.99. The third-order valence-corrected chi connectivity index (χ3v) is 2.88. The average Bonchev–Trinajstić information content (AvgIpc) is 2.23. The van der Waals surface area contributed by atoms with Crippen LogP contribution in [0.4, 0.5) is 0 Å². The van der Waals surface area contributed by atoms with Crippen LogP contribution in [0.1, 0.15) is 25.5 Å². The van der Waals surface area contributed by atoms with E-state index in [1.165, 1.54) is 0 Å². The largest absolute Gasteiger partial charge is 0.329 e. The first-order chi connectivity index (χ1) is 7.16. The van der Waals surface area contributed by atoms with Gasteiger partial charge < -0.3 is 15.6 Å². The fourth-order valence-corrected chi connectivity index (χ4v) is 1.99. The molecule has 3 unspecified atom stereocenters. The minimum Gasteiger partial charge on any atom is -0.329 e. The summed E-state index contributed by atoms with van der Waals surface area (Å²) >= 11 is 0. The predicted octanol–water partition coefficient (Wildman–Crippen LogP) is 0.386. The van der Waals surface area contributed by atoms with Gasteiger partial charge >= 0.3 is 0 Å². The van der Waals surface area contributed by atoms with Crippen molar-refractivity contribution in [3.8, 4) is 0 Å². The molecule has 0 aromatic carbocycles. The molecule has 3 atom stereocenters. The van der Waals surface area contributed by atoms with E-state index in [0.29, 0.717) is 12.1 Å². The Morgan fingerprint density at radius 2 is 2.13 bits per heavy atom. The summed E-state index contributed by atoms with van der Waals surface area (Å²) in [5.41, 5.74) is 1.07. The quantitative estimate of drug-likeness (QED) is 0.624. The van der Waals surface area contributed by atoms with Gasteiger partial charge in [-0.15, -0.1) is 0 Å². The summed E-state index contributed by atoms with van der Waals surface area (Å²) in [7, 11) is 0. The normalized spacial score (nSPS) is 31.5. The molecule has 2 heterocycles. The number of H-pyrrole nitrogens is 1. The van der Waals surface area contributed by atoms with E-state index in [-0.39, 0.29) is 11.6 Å². The second-order valence-electron chi connectivity index (χ2n) is 4.23. The zero-order valence-corrected chi connectivity index (χ0v) is 9.08. The summed E-state index contributed by atoms with van der Waals surface area (Å²) in [5.74, 6) is 0. The summed E-state index contributed by atoms with van der Waals surface area (Å²) in [6.45, 7) is 5.28. The molecule has 1 aliphatic heterocycles. The van der Waals surface area contributed by atoms with Gasteiger partial charge in [-0.2, -0.15) is 0 Å². The van der Waals surface area contributed by atoms with Crippen molar-refractivity contribution < 1.29 is 0 Å².